The Morgan fingerprint density at radius 2 is 1.79 bits per heavy atom. The number of ether oxygens (including phenoxy) is 2. The van der Waals surface area contributed by atoms with Crippen LogP contribution >= 0.6 is 0 Å². The van der Waals surface area contributed by atoms with Crippen LogP contribution in [-0.4, -0.2) is 62.2 Å². The maximum atomic E-state index is 12.7. The summed E-state index contributed by atoms with van der Waals surface area (Å²) in [5.74, 6) is 2.03. The smallest absolute Gasteiger partial charge is 0.251 e. The number of carbonyl (C=O) groups is 1. The number of hydrogen-bond donors (Lipinski definition) is 1. The zero-order valence-electron chi connectivity index (χ0n) is 17.5. The number of benzene rings is 1. The quantitative estimate of drug-likeness (QED) is 0.737. The van der Waals surface area contributed by atoms with Crippen LogP contribution in [0.4, 0.5) is 5.82 Å². The summed E-state index contributed by atoms with van der Waals surface area (Å²) >= 11 is 0. The van der Waals surface area contributed by atoms with Crippen molar-refractivity contribution in [3.05, 3.63) is 47.7 Å². The third kappa shape index (κ3) is 5.38. The Balaban J connectivity index is 1.69. The standard InChI is InChI=1S/C22H30N4O3/c1-4-28-19-9-8-17(15-20(19)29-5-2)22(27)24-16-18-7-6-10-23-21(18)26-13-11-25(3)12-14-26/h6-10,15H,4-5,11-14,16H2,1-3H3,(H,24,27). The van der Waals surface area contributed by atoms with E-state index in [1.54, 1.807) is 24.4 Å². The highest BCUT2D eigenvalue weighted by Crippen LogP contribution is 2.28. The van der Waals surface area contributed by atoms with Gasteiger partial charge in [0.1, 0.15) is 5.82 Å². The zero-order chi connectivity index (χ0) is 20.6. The van der Waals surface area contributed by atoms with E-state index in [0.717, 1.165) is 37.6 Å². The lowest BCUT2D eigenvalue weighted by molar-refractivity contribution is 0.0950. The molecule has 29 heavy (non-hydrogen) atoms. The highest BCUT2D eigenvalue weighted by molar-refractivity contribution is 5.94. The summed E-state index contributed by atoms with van der Waals surface area (Å²) in [6, 6.07) is 9.20. The van der Waals surface area contributed by atoms with Gasteiger partial charge in [-0.05, 0) is 45.2 Å². The fourth-order valence-electron chi connectivity index (χ4n) is 3.34. The third-order valence-electron chi connectivity index (χ3n) is 4.92. The topological polar surface area (TPSA) is 66.9 Å². The Hall–Kier alpha value is -2.80. The first-order chi connectivity index (χ1) is 14.1. The monoisotopic (exact) mass is 398 g/mol. The minimum Gasteiger partial charge on any atom is -0.490 e. The van der Waals surface area contributed by atoms with Gasteiger partial charge in [0.05, 0.1) is 13.2 Å². The van der Waals surface area contributed by atoms with E-state index in [1.165, 1.54) is 0 Å². The van der Waals surface area contributed by atoms with Gasteiger partial charge in [-0.1, -0.05) is 6.07 Å². The molecular formula is C22H30N4O3. The predicted molar refractivity (Wildman–Crippen MR) is 114 cm³/mol. The van der Waals surface area contributed by atoms with E-state index in [1.807, 2.05) is 26.0 Å². The zero-order valence-corrected chi connectivity index (χ0v) is 17.5. The fraction of sp³-hybridized carbons (Fsp3) is 0.455. The number of hydrogen-bond acceptors (Lipinski definition) is 6. The van der Waals surface area contributed by atoms with E-state index >= 15 is 0 Å². The minimum absolute atomic E-state index is 0.151. The van der Waals surface area contributed by atoms with Crippen LogP contribution in [0.3, 0.4) is 0 Å². The van der Waals surface area contributed by atoms with Crippen LogP contribution in [0.5, 0.6) is 11.5 Å². The summed E-state index contributed by atoms with van der Waals surface area (Å²) in [4.78, 5) is 21.9. The van der Waals surface area contributed by atoms with Crippen LogP contribution in [0.1, 0.15) is 29.8 Å². The molecule has 7 heteroatoms. The predicted octanol–water partition coefficient (Wildman–Crippen LogP) is 2.56. The molecule has 156 valence electrons. The van der Waals surface area contributed by atoms with Gasteiger partial charge in [-0.25, -0.2) is 4.98 Å². The van der Waals surface area contributed by atoms with Gasteiger partial charge < -0.3 is 24.6 Å². The lowest BCUT2D eigenvalue weighted by Gasteiger charge is -2.34. The van der Waals surface area contributed by atoms with Crippen LogP contribution < -0.4 is 19.7 Å². The lowest BCUT2D eigenvalue weighted by Crippen LogP contribution is -2.45. The van der Waals surface area contributed by atoms with Crippen molar-refractivity contribution < 1.29 is 14.3 Å². The first-order valence-electron chi connectivity index (χ1n) is 10.2. The van der Waals surface area contributed by atoms with Crippen molar-refractivity contribution in [2.24, 2.45) is 0 Å². The maximum Gasteiger partial charge on any atom is 0.251 e. The molecule has 1 amide bonds. The van der Waals surface area contributed by atoms with Gasteiger partial charge in [0, 0.05) is 50.0 Å². The number of nitrogens with one attached hydrogen (secondary N) is 1. The summed E-state index contributed by atoms with van der Waals surface area (Å²) in [6.45, 7) is 9.19. The Morgan fingerprint density at radius 3 is 2.52 bits per heavy atom. The Bertz CT molecular complexity index is 819. The molecule has 0 spiro atoms. The second-order valence-corrected chi connectivity index (χ2v) is 6.99. The van der Waals surface area contributed by atoms with Crippen molar-refractivity contribution in [3.63, 3.8) is 0 Å². The second kappa shape index (κ2) is 10.1. The van der Waals surface area contributed by atoms with Crippen molar-refractivity contribution in [3.8, 4) is 11.5 Å². The molecule has 1 aliphatic heterocycles. The average molecular weight is 399 g/mol. The van der Waals surface area contributed by atoms with Crippen LogP contribution in [0, 0.1) is 0 Å². The Morgan fingerprint density at radius 1 is 1.07 bits per heavy atom. The molecule has 1 aromatic heterocycles. The molecule has 1 fully saturated rings. The fourth-order valence-corrected chi connectivity index (χ4v) is 3.34. The number of likely N-dealkylation sites (N-methyl/N-ethyl adjacent to an activating group) is 1. The van der Waals surface area contributed by atoms with Gasteiger partial charge in [0.15, 0.2) is 11.5 Å². The highest BCUT2D eigenvalue weighted by atomic mass is 16.5. The van der Waals surface area contributed by atoms with Gasteiger partial charge in [-0.2, -0.15) is 0 Å². The third-order valence-corrected chi connectivity index (χ3v) is 4.92. The molecule has 0 bridgehead atoms. The largest absolute Gasteiger partial charge is 0.490 e. The van der Waals surface area contributed by atoms with Crippen LogP contribution in [0.2, 0.25) is 0 Å². The van der Waals surface area contributed by atoms with Gasteiger partial charge in [0.2, 0.25) is 0 Å². The summed E-state index contributed by atoms with van der Waals surface area (Å²) in [6.07, 6.45) is 1.81. The molecule has 1 N–H and O–H groups in total. The van der Waals surface area contributed by atoms with E-state index in [-0.39, 0.29) is 5.91 Å². The molecule has 0 atom stereocenters. The molecule has 3 rings (SSSR count). The van der Waals surface area contributed by atoms with E-state index in [9.17, 15) is 4.79 Å². The maximum absolute atomic E-state index is 12.7. The summed E-state index contributed by atoms with van der Waals surface area (Å²) in [5, 5.41) is 3.01. The molecule has 1 saturated heterocycles. The molecule has 1 aromatic carbocycles. The summed E-state index contributed by atoms with van der Waals surface area (Å²) in [7, 11) is 2.13. The van der Waals surface area contributed by atoms with Gasteiger partial charge in [-0.15, -0.1) is 0 Å². The van der Waals surface area contributed by atoms with Crippen molar-refractivity contribution in [2.45, 2.75) is 20.4 Å². The molecular weight excluding hydrogens is 368 g/mol. The lowest BCUT2D eigenvalue weighted by atomic mass is 10.1. The number of carbonyl (C=O) groups excluding carboxylic acids is 1. The number of anilines is 1. The van der Waals surface area contributed by atoms with Crippen LogP contribution in [0.25, 0.3) is 0 Å². The number of piperazine rings is 1. The van der Waals surface area contributed by atoms with Gasteiger partial charge in [0.25, 0.3) is 5.91 Å². The molecule has 0 radical (unpaired) electrons. The van der Waals surface area contributed by atoms with Crippen molar-refractivity contribution in [1.29, 1.82) is 0 Å². The van der Waals surface area contributed by atoms with Crippen molar-refractivity contribution in [2.75, 3.05) is 51.3 Å². The number of rotatable bonds is 8. The molecule has 7 nitrogen and oxygen atoms in total. The first kappa shape index (κ1) is 20.9. The van der Waals surface area contributed by atoms with Crippen LogP contribution in [0.15, 0.2) is 36.5 Å². The summed E-state index contributed by atoms with van der Waals surface area (Å²) < 4.78 is 11.2. The van der Waals surface area contributed by atoms with E-state index in [2.05, 4.69) is 27.1 Å². The number of pyridine rings is 1. The normalized spacial score (nSPS) is 14.5. The highest BCUT2D eigenvalue weighted by Gasteiger charge is 2.18. The number of amides is 1. The van der Waals surface area contributed by atoms with E-state index in [4.69, 9.17) is 9.47 Å². The molecule has 2 heterocycles. The van der Waals surface area contributed by atoms with Gasteiger partial charge in [-0.3, -0.25) is 4.79 Å². The molecule has 0 unspecified atom stereocenters. The van der Waals surface area contributed by atoms with E-state index in [0.29, 0.717) is 36.8 Å². The van der Waals surface area contributed by atoms with Crippen molar-refractivity contribution >= 4 is 11.7 Å². The van der Waals surface area contributed by atoms with Gasteiger partial charge >= 0.3 is 0 Å². The Labute approximate surface area is 172 Å². The minimum atomic E-state index is -0.151. The number of nitrogens with zero attached hydrogens (tertiary/aromatic N) is 3. The molecule has 1 aliphatic rings. The van der Waals surface area contributed by atoms with E-state index < -0.39 is 0 Å². The second-order valence-electron chi connectivity index (χ2n) is 6.99. The molecule has 2 aromatic rings. The molecule has 0 saturated carbocycles. The molecule has 0 aliphatic carbocycles. The van der Waals surface area contributed by atoms with Crippen molar-refractivity contribution in [1.82, 2.24) is 15.2 Å². The Kier molecular flexibility index (Phi) is 7.30. The SMILES string of the molecule is CCOc1ccc(C(=O)NCc2cccnc2N2CCN(C)CC2)cc1OCC. The average Bonchev–Trinajstić information content (AvgIpc) is 2.74. The first-order valence-corrected chi connectivity index (χ1v) is 10.2. The number of aromatic nitrogens is 1. The van der Waals surface area contributed by atoms with Crippen LogP contribution in [-0.2, 0) is 6.54 Å². The summed E-state index contributed by atoms with van der Waals surface area (Å²) in [5.41, 5.74) is 1.56.